The Morgan fingerprint density at radius 3 is 2.24 bits per heavy atom. The van der Waals surface area contributed by atoms with Gasteiger partial charge in [-0.15, -0.1) is 0 Å². The van der Waals surface area contributed by atoms with Crippen molar-refractivity contribution in [3.05, 3.63) is 0 Å². The van der Waals surface area contributed by atoms with E-state index in [2.05, 4.69) is 6.92 Å². The highest BCUT2D eigenvalue weighted by Gasteiger charge is 2.49. The summed E-state index contributed by atoms with van der Waals surface area (Å²) in [5.74, 6) is 0.412. The van der Waals surface area contributed by atoms with Crippen molar-refractivity contribution < 1.29 is 14.3 Å². The Labute approximate surface area is 101 Å². The molecule has 3 rings (SSSR count). The van der Waals surface area contributed by atoms with Crippen LogP contribution < -0.4 is 0 Å². The number of rotatable bonds is 3. The van der Waals surface area contributed by atoms with E-state index in [1.165, 1.54) is 4.90 Å². The van der Waals surface area contributed by atoms with Crippen LogP contribution in [0.1, 0.15) is 32.6 Å². The number of hydrogen-bond acceptors (Lipinski definition) is 3. The predicted molar refractivity (Wildman–Crippen MR) is 61.1 cm³/mol. The van der Waals surface area contributed by atoms with E-state index in [-0.39, 0.29) is 35.7 Å². The van der Waals surface area contributed by atoms with Crippen molar-refractivity contribution in [1.82, 2.24) is 4.90 Å². The van der Waals surface area contributed by atoms with Crippen LogP contribution in [0.3, 0.4) is 0 Å². The summed E-state index contributed by atoms with van der Waals surface area (Å²) >= 11 is 0. The third kappa shape index (κ3) is 1.88. The number of nitrogens with zero attached hydrogens (tertiary/aromatic N) is 1. The first-order chi connectivity index (χ1) is 8.18. The fraction of sp³-hybridized carbons (Fsp3) is 0.846. The van der Waals surface area contributed by atoms with Gasteiger partial charge in [0.15, 0.2) is 0 Å². The maximum atomic E-state index is 12.2. The molecule has 2 aliphatic heterocycles. The van der Waals surface area contributed by atoms with Gasteiger partial charge >= 0.3 is 0 Å². The van der Waals surface area contributed by atoms with Gasteiger partial charge in [0.05, 0.1) is 24.5 Å². The number of fused-ring (bicyclic) bond motifs is 1. The fourth-order valence-corrected chi connectivity index (χ4v) is 3.20. The van der Waals surface area contributed by atoms with Gasteiger partial charge in [0.25, 0.3) is 0 Å². The van der Waals surface area contributed by atoms with E-state index in [0.717, 1.165) is 32.3 Å². The average Bonchev–Trinajstić information content (AvgIpc) is 3.15. The summed E-state index contributed by atoms with van der Waals surface area (Å²) in [5, 5.41) is 0. The van der Waals surface area contributed by atoms with Crippen molar-refractivity contribution in [2.24, 2.45) is 17.8 Å². The predicted octanol–water partition coefficient (Wildman–Crippen LogP) is 1.20. The zero-order valence-corrected chi connectivity index (χ0v) is 10.2. The third-order valence-electron chi connectivity index (χ3n) is 4.40. The molecule has 2 saturated heterocycles. The first kappa shape index (κ1) is 11.2. The lowest BCUT2D eigenvalue weighted by Crippen LogP contribution is -2.36. The Morgan fingerprint density at radius 2 is 1.76 bits per heavy atom. The number of hydrogen-bond donors (Lipinski definition) is 0. The van der Waals surface area contributed by atoms with Gasteiger partial charge in [0, 0.05) is 12.5 Å². The van der Waals surface area contributed by atoms with Gasteiger partial charge in [-0.25, -0.2) is 0 Å². The average molecular weight is 237 g/mol. The Hall–Kier alpha value is -0.900. The molecule has 1 saturated carbocycles. The fourth-order valence-electron chi connectivity index (χ4n) is 3.20. The van der Waals surface area contributed by atoms with Gasteiger partial charge < -0.3 is 4.74 Å². The summed E-state index contributed by atoms with van der Waals surface area (Å²) in [6, 6.07) is 0. The highest BCUT2D eigenvalue weighted by molar-refractivity contribution is 6.05. The van der Waals surface area contributed by atoms with Crippen molar-refractivity contribution >= 4 is 11.8 Å². The zero-order valence-electron chi connectivity index (χ0n) is 10.2. The van der Waals surface area contributed by atoms with E-state index in [9.17, 15) is 9.59 Å². The molecular formula is C13H19NO3. The molecule has 17 heavy (non-hydrogen) atoms. The molecule has 0 N–H and O–H groups in total. The summed E-state index contributed by atoms with van der Waals surface area (Å²) in [5.41, 5.74) is 0. The van der Waals surface area contributed by atoms with Crippen LogP contribution in [0.4, 0.5) is 0 Å². The molecule has 0 aromatic carbocycles. The molecule has 0 spiro atoms. The summed E-state index contributed by atoms with van der Waals surface area (Å²) in [7, 11) is 0. The number of carbonyl (C=O) groups excluding carboxylic acids is 2. The molecule has 0 radical (unpaired) electrons. The molecule has 94 valence electrons. The molecule has 4 atom stereocenters. The van der Waals surface area contributed by atoms with Crippen LogP contribution in [-0.2, 0) is 14.3 Å². The maximum absolute atomic E-state index is 12.2. The summed E-state index contributed by atoms with van der Waals surface area (Å²) in [4.78, 5) is 25.9. The zero-order chi connectivity index (χ0) is 12.0. The van der Waals surface area contributed by atoms with Crippen molar-refractivity contribution in [2.45, 2.75) is 38.7 Å². The van der Waals surface area contributed by atoms with Gasteiger partial charge in [-0.3, -0.25) is 14.5 Å². The smallest absolute Gasteiger partial charge is 0.233 e. The SMILES string of the molecule is CC(CN1C(=O)C2CCCCC2C1=O)C1CO1. The monoisotopic (exact) mass is 237 g/mol. The molecule has 0 bridgehead atoms. The molecule has 0 aromatic heterocycles. The van der Waals surface area contributed by atoms with E-state index in [1.807, 2.05) is 0 Å². The minimum absolute atomic E-state index is 0.0106. The quantitative estimate of drug-likeness (QED) is 0.547. The van der Waals surface area contributed by atoms with Crippen LogP contribution in [0.25, 0.3) is 0 Å². The lowest BCUT2D eigenvalue weighted by molar-refractivity contribution is -0.140. The number of amides is 2. The highest BCUT2D eigenvalue weighted by atomic mass is 16.6. The number of likely N-dealkylation sites (tertiary alicyclic amines) is 1. The van der Waals surface area contributed by atoms with Crippen LogP contribution >= 0.6 is 0 Å². The van der Waals surface area contributed by atoms with Crippen LogP contribution in [-0.4, -0.2) is 36.0 Å². The Bertz CT molecular complexity index is 327. The van der Waals surface area contributed by atoms with Crippen LogP contribution in [0.5, 0.6) is 0 Å². The van der Waals surface area contributed by atoms with E-state index < -0.39 is 0 Å². The molecule has 3 aliphatic rings. The normalized spacial score (nSPS) is 38.2. The van der Waals surface area contributed by atoms with Crippen LogP contribution in [0.2, 0.25) is 0 Å². The van der Waals surface area contributed by atoms with Gasteiger partial charge in [-0.1, -0.05) is 19.8 Å². The molecule has 2 heterocycles. The minimum atomic E-state index is -0.0106. The first-order valence-electron chi connectivity index (χ1n) is 6.65. The second-order valence-corrected chi connectivity index (χ2v) is 5.63. The lowest BCUT2D eigenvalue weighted by atomic mass is 9.81. The Kier molecular flexibility index (Phi) is 2.69. The topological polar surface area (TPSA) is 49.9 Å². The summed E-state index contributed by atoms with van der Waals surface area (Å²) < 4.78 is 5.22. The van der Waals surface area contributed by atoms with Gasteiger partial charge in [-0.2, -0.15) is 0 Å². The highest BCUT2D eigenvalue weighted by Crippen LogP contribution is 2.38. The molecule has 4 nitrogen and oxygen atoms in total. The molecule has 4 heteroatoms. The van der Waals surface area contributed by atoms with Crippen LogP contribution in [0.15, 0.2) is 0 Å². The Morgan fingerprint density at radius 1 is 1.24 bits per heavy atom. The molecule has 2 amide bonds. The standard InChI is InChI=1S/C13H19NO3/c1-8(11-7-17-11)6-14-12(15)9-4-2-3-5-10(9)13(14)16/h8-11H,2-7H2,1H3. The summed E-state index contributed by atoms with van der Waals surface area (Å²) in [6.45, 7) is 3.39. The number of carbonyl (C=O) groups is 2. The van der Waals surface area contributed by atoms with Crippen molar-refractivity contribution in [3.8, 4) is 0 Å². The van der Waals surface area contributed by atoms with E-state index >= 15 is 0 Å². The second-order valence-electron chi connectivity index (χ2n) is 5.63. The lowest BCUT2D eigenvalue weighted by Gasteiger charge is -2.19. The van der Waals surface area contributed by atoms with Crippen LogP contribution in [0, 0.1) is 17.8 Å². The summed E-state index contributed by atoms with van der Waals surface area (Å²) in [6.07, 6.45) is 4.25. The minimum Gasteiger partial charge on any atom is -0.373 e. The van der Waals surface area contributed by atoms with Gasteiger partial charge in [-0.05, 0) is 12.8 Å². The number of ether oxygens (including phenoxy) is 1. The maximum Gasteiger partial charge on any atom is 0.233 e. The molecule has 1 aliphatic carbocycles. The van der Waals surface area contributed by atoms with Crippen molar-refractivity contribution in [3.63, 3.8) is 0 Å². The molecule has 4 unspecified atom stereocenters. The number of imide groups is 1. The van der Waals surface area contributed by atoms with Crippen molar-refractivity contribution in [1.29, 1.82) is 0 Å². The molecule has 0 aromatic rings. The van der Waals surface area contributed by atoms with E-state index in [4.69, 9.17) is 4.74 Å². The second kappa shape index (κ2) is 4.09. The van der Waals surface area contributed by atoms with Crippen molar-refractivity contribution in [2.75, 3.05) is 13.2 Å². The third-order valence-corrected chi connectivity index (χ3v) is 4.40. The number of epoxide rings is 1. The van der Waals surface area contributed by atoms with E-state index in [1.54, 1.807) is 0 Å². The molecular weight excluding hydrogens is 218 g/mol. The molecule has 3 fully saturated rings. The van der Waals surface area contributed by atoms with Gasteiger partial charge in [0.2, 0.25) is 11.8 Å². The first-order valence-corrected chi connectivity index (χ1v) is 6.65. The van der Waals surface area contributed by atoms with E-state index in [0.29, 0.717) is 6.54 Å². The van der Waals surface area contributed by atoms with Gasteiger partial charge in [0.1, 0.15) is 0 Å². The Balaban J connectivity index is 1.71. The largest absolute Gasteiger partial charge is 0.373 e.